The quantitative estimate of drug-likeness (QED) is 0.892. The fourth-order valence-corrected chi connectivity index (χ4v) is 2.46. The lowest BCUT2D eigenvalue weighted by atomic mass is 9.96. The molecular formula is C17H22O2. The van der Waals surface area contributed by atoms with Gasteiger partial charge in [-0.1, -0.05) is 38.1 Å². The topological polar surface area (TPSA) is 33.4 Å². The fourth-order valence-electron chi connectivity index (χ4n) is 2.46. The number of aliphatic hydroxyl groups is 1. The highest BCUT2D eigenvalue weighted by atomic mass is 16.3. The zero-order chi connectivity index (χ0) is 14.0. The molecule has 0 spiro atoms. The van der Waals surface area contributed by atoms with Crippen LogP contribution in [-0.2, 0) is 6.42 Å². The highest BCUT2D eigenvalue weighted by Gasteiger charge is 2.16. The van der Waals surface area contributed by atoms with Crippen molar-refractivity contribution in [2.24, 2.45) is 5.92 Å². The Labute approximate surface area is 115 Å². The molecule has 2 aromatic rings. The van der Waals surface area contributed by atoms with E-state index >= 15 is 0 Å². The second-order valence-electron chi connectivity index (χ2n) is 5.61. The van der Waals surface area contributed by atoms with Crippen LogP contribution < -0.4 is 0 Å². The third-order valence-corrected chi connectivity index (χ3v) is 3.28. The van der Waals surface area contributed by atoms with E-state index in [9.17, 15) is 5.11 Å². The zero-order valence-electron chi connectivity index (χ0n) is 12.1. The van der Waals surface area contributed by atoms with E-state index in [1.165, 1.54) is 5.56 Å². The summed E-state index contributed by atoms with van der Waals surface area (Å²) in [4.78, 5) is 0. The first-order chi connectivity index (χ1) is 8.97. The molecular weight excluding hydrogens is 236 g/mol. The molecule has 0 fully saturated rings. The molecule has 19 heavy (non-hydrogen) atoms. The van der Waals surface area contributed by atoms with Crippen LogP contribution in [0.4, 0.5) is 0 Å². The highest BCUT2D eigenvalue weighted by Crippen LogP contribution is 2.28. The average Bonchev–Trinajstić information content (AvgIpc) is 2.67. The van der Waals surface area contributed by atoms with Crippen LogP contribution in [0.5, 0.6) is 0 Å². The lowest BCUT2D eigenvalue weighted by Crippen LogP contribution is -2.02. The van der Waals surface area contributed by atoms with E-state index in [0.29, 0.717) is 5.92 Å². The van der Waals surface area contributed by atoms with Gasteiger partial charge in [-0.05, 0) is 43.4 Å². The van der Waals surface area contributed by atoms with E-state index in [0.717, 1.165) is 29.1 Å². The largest absolute Gasteiger partial charge is 0.466 e. The average molecular weight is 258 g/mol. The molecule has 0 saturated carbocycles. The van der Waals surface area contributed by atoms with E-state index in [1.54, 1.807) is 0 Å². The zero-order valence-corrected chi connectivity index (χ0v) is 12.1. The van der Waals surface area contributed by atoms with Crippen LogP contribution >= 0.6 is 0 Å². The Morgan fingerprint density at radius 3 is 2.47 bits per heavy atom. The van der Waals surface area contributed by atoms with Crippen molar-refractivity contribution in [1.82, 2.24) is 0 Å². The summed E-state index contributed by atoms with van der Waals surface area (Å²) in [6.07, 6.45) is 0.425. The summed E-state index contributed by atoms with van der Waals surface area (Å²) < 4.78 is 5.49. The number of hydrogen-bond donors (Lipinski definition) is 1. The van der Waals surface area contributed by atoms with Crippen molar-refractivity contribution in [2.75, 3.05) is 0 Å². The Bertz CT molecular complexity index is 552. The van der Waals surface area contributed by atoms with Crippen LogP contribution in [0.2, 0.25) is 0 Å². The number of benzene rings is 1. The normalized spacial score (nSPS) is 12.9. The lowest BCUT2D eigenvalue weighted by molar-refractivity contribution is 0.218. The van der Waals surface area contributed by atoms with Crippen LogP contribution in [-0.4, -0.2) is 5.11 Å². The maximum atomic E-state index is 10.5. The van der Waals surface area contributed by atoms with Gasteiger partial charge < -0.3 is 9.52 Å². The van der Waals surface area contributed by atoms with Gasteiger partial charge in [0.2, 0.25) is 0 Å². The number of furan rings is 1. The maximum absolute atomic E-state index is 10.5. The Morgan fingerprint density at radius 1 is 1.16 bits per heavy atom. The number of rotatable bonds is 4. The molecule has 1 aromatic heterocycles. The van der Waals surface area contributed by atoms with E-state index in [1.807, 2.05) is 32.0 Å². The van der Waals surface area contributed by atoms with Gasteiger partial charge in [0.25, 0.3) is 0 Å². The first kappa shape index (κ1) is 13.9. The standard InChI is InChI=1S/C17H22O2/c1-11(2)8-14-6-5-7-15(10-14)17(18)16-9-12(3)19-13(16)4/h5-7,9-11,17-18H,8H2,1-4H3. The second-order valence-corrected chi connectivity index (χ2v) is 5.61. The highest BCUT2D eigenvalue weighted by molar-refractivity contribution is 5.34. The molecule has 0 aliphatic rings. The van der Waals surface area contributed by atoms with Crippen LogP contribution in [0.25, 0.3) is 0 Å². The smallest absolute Gasteiger partial charge is 0.107 e. The molecule has 1 heterocycles. The summed E-state index contributed by atoms with van der Waals surface area (Å²) in [5, 5.41) is 10.5. The van der Waals surface area contributed by atoms with Gasteiger partial charge in [-0.3, -0.25) is 0 Å². The van der Waals surface area contributed by atoms with E-state index in [-0.39, 0.29) is 0 Å². The molecule has 0 radical (unpaired) electrons. The maximum Gasteiger partial charge on any atom is 0.107 e. The van der Waals surface area contributed by atoms with Gasteiger partial charge in [-0.25, -0.2) is 0 Å². The van der Waals surface area contributed by atoms with Crippen molar-refractivity contribution in [1.29, 1.82) is 0 Å². The first-order valence-electron chi connectivity index (χ1n) is 6.81. The molecule has 1 unspecified atom stereocenters. The van der Waals surface area contributed by atoms with Gasteiger partial charge in [0.1, 0.15) is 17.6 Å². The summed E-state index contributed by atoms with van der Waals surface area (Å²) in [5.41, 5.74) is 3.06. The van der Waals surface area contributed by atoms with Crippen LogP contribution in [0.1, 0.15) is 48.2 Å². The van der Waals surface area contributed by atoms with Crippen LogP contribution in [0.3, 0.4) is 0 Å². The van der Waals surface area contributed by atoms with Gasteiger partial charge >= 0.3 is 0 Å². The Morgan fingerprint density at radius 2 is 1.89 bits per heavy atom. The van der Waals surface area contributed by atoms with Crippen molar-refractivity contribution in [2.45, 2.75) is 40.2 Å². The Hall–Kier alpha value is -1.54. The molecule has 1 aromatic carbocycles. The predicted molar refractivity (Wildman–Crippen MR) is 77.2 cm³/mol. The van der Waals surface area contributed by atoms with Gasteiger partial charge in [0.05, 0.1) is 0 Å². The molecule has 2 rings (SSSR count). The van der Waals surface area contributed by atoms with Crippen molar-refractivity contribution < 1.29 is 9.52 Å². The molecule has 0 saturated heterocycles. The van der Waals surface area contributed by atoms with Gasteiger partial charge in [-0.15, -0.1) is 0 Å². The predicted octanol–water partition coefficient (Wildman–Crippen LogP) is 4.18. The lowest BCUT2D eigenvalue weighted by Gasteiger charge is -2.12. The summed E-state index contributed by atoms with van der Waals surface area (Å²) in [6.45, 7) is 8.20. The molecule has 0 bridgehead atoms. The monoisotopic (exact) mass is 258 g/mol. The minimum absolute atomic E-state index is 0.607. The summed E-state index contributed by atoms with van der Waals surface area (Å²) in [7, 11) is 0. The molecule has 2 nitrogen and oxygen atoms in total. The Kier molecular flexibility index (Phi) is 4.11. The molecule has 0 aliphatic heterocycles. The van der Waals surface area contributed by atoms with E-state index in [4.69, 9.17) is 4.42 Å². The van der Waals surface area contributed by atoms with Crippen molar-refractivity contribution in [3.8, 4) is 0 Å². The third kappa shape index (κ3) is 3.27. The fraction of sp³-hybridized carbons (Fsp3) is 0.412. The Balaban J connectivity index is 2.28. The SMILES string of the molecule is Cc1cc(C(O)c2cccc(CC(C)C)c2)c(C)o1. The molecule has 2 heteroatoms. The van der Waals surface area contributed by atoms with Crippen molar-refractivity contribution >= 4 is 0 Å². The van der Waals surface area contributed by atoms with E-state index < -0.39 is 6.10 Å². The number of hydrogen-bond acceptors (Lipinski definition) is 2. The van der Waals surface area contributed by atoms with Crippen LogP contribution in [0.15, 0.2) is 34.7 Å². The minimum atomic E-state index is -0.607. The minimum Gasteiger partial charge on any atom is -0.466 e. The molecule has 0 aliphatic carbocycles. The second kappa shape index (κ2) is 5.62. The molecule has 0 amide bonds. The number of aryl methyl sites for hydroxylation is 2. The summed E-state index contributed by atoms with van der Waals surface area (Å²) in [5.74, 6) is 2.24. The van der Waals surface area contributed by atoms with Crippen LogP contribution in [0, 0.1) is 19.8 Å². The first-order valence-corrected chi connectivity index (χ1v) is 6.81. The van der Waals surface area contributed by atoms with Gasteiger partial charge in [0, 0.05) is 5.56 Å². The third-order valence-electron chi connectivity index (χ3n) is 3.28. The van der Waals surface area contributed by atoms with E-state index in [2.05, 4.69) is 26.0 Å². The van der Waals surface area contributed by atoms with Crippen molar-refractivity contribution in [3.63, 3.8) is 0 Å². The molecule has 1 N–H and O–H groups in total. The summed E-state index contributed by atoms with van der Waals surface area (Å²) >= 11 is 0. The molecule has 102 valence electrons. The molecule has 1 atom stereocenters. The number of aliphatic hydroxyl groups excluding tert-OH is 1. The summed E-state index contributed by atoms with van der Waals surface area (Å²) in [6, 6.07) is 10.1. The van der Waals surface area contributed by atoms with Gasteiger partial charge in [0.15, 0.2) is 0 Å². The van der Waals surface area contributed by atoms with Gasteiger partial charge in [-0.2, -0.15) is 0 Å². The van der Waals surface area contributed by atoms with Crippen molar-refractivity contribution in [3.05, 3.63) is 58.5 Å².